The first-order valence-corrected chi connectivity index (χ1v) is 9.81. The van der Waals surface area contributed by atoms with E-state index in [-0.39, 0.29) is 17.6 Å². The van der Waals surface area contributed by atoms with Crippen molar-refractivity contribution in [1.82, 2.24) is 9.97 Å². The summed E-state index contributed by atoms with van der Waals surface area (Å²) in [4.78, 5) is 19.1. The number of aromatic nitrogens is 2. The molecular formula is C18H21IN4O4. The number of nitrogens with one attached hydrogen (secondary N) is 1. The lowest BCUT2D eigenvalue weighted by molar-refractivity contribution is -0.385. The highest BCUT2D eigenvalue weighted by Crippen LogP contribution is 2.33. The fraction of sp³-hybridized carbons (Fsp3) is 0.444. The van der Waals surface area contributed by atoms with Gasteiger partial charge in [0.2, 0.25) is 5.82 Å². The molecule has 0 radical (unpaired) electrons. The van der Waals surface area contributed by atoms with Crippen LogP contribution in [0, 0.1) is 20.9 Å². The van der Waals surface area contributed by atoms with Gasteiger partial charge >= 0.3 is 5.69 Å². The number of nitro groups is 1. The molecule has 9 heteroatoms. The van der Waals surface area contributed by atoms with E-state index < -0.39 is 4.92 Å². The van der Waals surface area contributed by atoms with Crippen LogP contribution in [-0.4, -0.2) is 28.1 Å². The average Bonchev–Trinajstić information content (AvgIpc) is 3.12. The summed E-state index contributed by atoms with van der Waals surface area (Å²) in [6.07, 6.45) is 4.69. The zero-order valence-corrected chi connectivity index (χ0v) is 17.4. The van der Waals surface area contributed by atoms with E-state index in [2.05, 4.69) is 15.3 Å². The summed E-state index contributed by atoms with van der Waals surface area (Å²) in [5.74, 6) is 1.60. The molecule has 0 saturated heterocycles. The molecule has 27 heavy (non-hydrogen) atoms. The van der Waals surface area contributed by atoms with Crippen LogP contribution in [0.1, 0.15) is 36.9 Å². The zero-order valence-electron chi connectivity index (χ0n) is 15.2. The molecule has 1 heterocycles. The molecule has 0 bridgehead atoms. The first-order chi connectivity index (χ1) is 13.0. The van der Waals surface area contributed by atoms with E-state index in [1.807, 2.05) is 40.8 Å². The quantitative estimate of drug-likeness (QED) is 0.272. The SMILES string of the molecule is COc1ccc(CNc2nc(I)nc(C)c2[N+](=O)[O-])cc1OC1CCCC1. The third kappa shape index (κ3) is 4.76. The van der Waals surface area contributed by atoms with E-state index in [9.17, 15) is 10.1 Å². The maximum Gasteiger partial charge on any atom is 0.332 e. The Morgan fingerprint density at radius 2 is 2.04 bits per heavy atom. The van der Waals surface area contributed by atoms with Gasteiger partial charge in [-0.05, 0) is 50.3 Å². The van der Waals surface area contributed by atoms with Gasteiger partial charge in [0, 0.05) is 29.1 Å². The Kier molecular flexibility index (Phi) is 6.30. The molecule has 0 unspecified atom stereocenters. The number of hydrogen-bond acceptors (Lipinski definition) is 7. The predicted octanol–water partition coefficient (Wildman–Crippen LogP) is 4.24. The molecule has 8 nitrogen and oxygen atoms in total. The van der Waals surface area contributed by atoms with E-state index in [4.69, 9.17) is 9.47 Å². The fourth-order valence-electron chi connectivity index (χ4n) is 3.17. The van der Waals surface area contributed by atoms with Crippen molar-refractivity contribution in [2.45, 2.75) is 45.3 Å². The molecule has 0 spiro atoms. The Balaban J connectivity index is 1.79. The molecule has 0 atom stereocenters. The van der Waals surface area contributed by atoms with Gasteiger partial charge in [-0.1, -0.05) is 6.07 Å². The number of methoxy groups -OCH3 is 1. The minimum atomic E-state index is -0.462. The molecular weight excluding hydrogens is 463 g/mol. The number of halogens is 1. The summed E-state index contributed by atoms with van der Waals surface area (Å²) in [7, 11) is 1.61. The van der Waals surface area contributed by atoms with Crippen LogP contribution >= 0.6 is 22.6 Å². The number of benzene rings is 1. The highest BCUT2D eigenvalue weighted by atomic mass is 127. The minimum absolute atomic E-state index is 0.105. The van der Waals surface area contributed by atoms with Crippen LogP contribution in [-0.2, 0) is 6.54 Å². The number of rotatable bonds is 7. The highest BCUT2D eigenvalue weighted by Gasteiger charge is 2.22. The lowest BCUT2D eigenvalue weighted by Crippen LogP contribution is -2.12. The van der Waals surface area contributed by atoms with Crippen LogP contribution in [0.25, 0.3) is 0 Å². The topological polar surface area (TPSA) is 99.4 Å². The summed E-state index contributed by atoms with van der Waals surface area (Å²) < 4.78 is 12.0. The summed E-state index contributed by atoms with van der Waals surface area (Å²) in [5.41, 5.74) is 1.15. The molecule has 1 aromatic carbocycles. The first kappa shape index (κ1) is 19.6. The molecule has 1 fully saturated rings. The Labute approximate surface area is 171 Å². The molecule has 1 N–H and O–H groups in total. The normalized spacial score (nSPS) is 14.2. The Bertz CT molecular complexity index is 840. The minimum Gasteiger partial charge on any atom is -0.493 e. The monoisotopic (exact) mass is 484 g/mol. The number of nitrogens with zero attached hydrogens (tertiary/aromatic N) is 3. The van der Waals surface area contributed by atoms with E-state index in [1.165, 1.54) is 12.8 Å². The van der Waals surface area contributed by atoms with Crippen LogP contribution in [0.15, 0.2) is 18.2 Å². The van der Waals surface area contributed by atoms with Crippen molar-refractivity contribution >= 4 is 34.1 Å². The van der Waals surface area contributed by atoms with Crippen LogP contribution < -0.4 is 14.8 Å². The summed E-state index contributed by atoms with van der Waals surface area (Å²) >= 11 is 1.95. The zero-order chi connectivity index (χ0) is 19.4. The first-order valence-electron chi connectivity index (χ1n) is 8.74. The van der Waals surface area contributed by atoms with Crippen LogP contribution in [0.5, 0.6) is 11.5 Å². The van der Waals surface area contributed by atoms with Crippen molar-refractivity contribution < 1.29 is 14.4 Å². The van der Waals surface area contributed by atoms with Crippen molar-refractivity contribution in [3.8, 4) is 11.5 Å². The third-order valence-corrected chi connectivity index (χ3v) is 4.98. The number of hydrogen-bond donors (Lipinski definition) is 1. The highest BCUT2D eigenvalue weighted by molar-refractivity contribution is 14.1. The lowest BCUT2D eigenvalue weighted by atomic mass is 10.2. The lowest BCUT2D eigenvalue weighted by Gasteiger charge is -2.17. The predicted molar refractivity (Wildman–Crippen MR) is 109 cm³/mol. The fourth-order valence-corrected chi connectivity index (χ4v) is 3.77. The summed E-state index contributed by atoms with van der Waals surface area (Å²) in [6.45, 7) is 1.98. The molecule has 0 aliphatic heterocycles. The standard InChI is InChI=1S/C18H21IN4O4/c1-11-16(23(24)25)17(22-18(19)21-11)20-10-12-7-8-14(26-2)15(9-12)27-13-5-3-4-6-13/h7-9,13H,3-6,10H2,1-2H3,(H,20,21,22). The van der Waals surface area contributed by atoms with Gasteiger partial charge in [0.15, 0.2) is 15.3 Å². The maximum absolute atomic E-state index is 11.3. The largest absolute Gasteiger partial charge is 0.493 e. The smallest absolute Gasteiger partial charge is 0.332 e. The van der Waals surface area contributed by atoms with Gasteiger partial charge in [-0.2, -0.15) is 4.98 Å². The summed E-state index contributed by atoms with van der Waals surface area (Å²) in [6, 6.07) is 5.66. The molecule has 3 rings (SSSR count). The van der Waals surface area contributed by atoms with Gasteiger partial charge in [0.05, 0.1) is 18.1 Å². The van der Waals surface area contributed by atoms with Gasteiger partial charge < -0.3 is 14.8 Å². The van der Waals surface area contributed by atoms with E-state index in [0.29, 0.717) is 27.6 Å². The van der Waals surface area contributed by atoms with Crippen molar-refractivity contribution in [1.29, 1.82) is 0 Å². The second-order valence-electron chi connectivity index (χ2n) is 6.40. The number of anilines is 1. The van der Waals surface area contributed by atoms with Crippen molar-refractivity contribution in [3.05, 3.63) is 43.4 Å². The van der Waals surface area contributed by atoms with Crippen LogP contribution in [0.3, 0.4) is 0 Å². The van der Waals surface area contributed by atoms with Gasteiger partial charge in [0.25, 0.3) is 0 Å². The second kappa shape index (κ2) is 8.68. The Morgan fingerprint density at radius 3 is 2.70 bits per heavy atom. The van der Waals surface area contributed by atoms with E-state index >= 15 is 0 Å². The van der Waals surface area contributed by atoms with Crippen molar-refractivity contribution in [2.75, 3.05) is 12.4 Å². The average molecular weight is 484 g/mol. The molecule has 1 aromatic heterocycles. The van der Waals surface area contributed by atoms with E-state index in [1.54, 1.807) is 14.0 Å². The maximum atomic E-state index is 11.3. The van der Waals surface area contributed by atoms with Gasteiger partial charge in [-0.3, -0.25) is 10.1 Å². The third-order valence-electron chi connectivity index (χ3n) is 4.50. The Hall–Kier alpha value is -2.17. The molecule has 1 saturated carbocycles. The molecule has 1 aliphatic rings. The van der Waals surface area contributed by atoms with Crippen LogP contribution in [0.4, 0.5) is 11.5 Å². The van der Waals surface area contributed by atoms with Gasteiger partial charge in [-0.25, -0.2) is 4.98 Å². The number of aryl methyl sites for hydroxylation is 1. The molecule has 2 aromatic rings. The molecule has 1 aliphatic carbocycles. The van der Waals surface area contributed by atoms with Gasteiger partial charge in [-0.15, -0.1) is 0 Å². The Morgan fingerprint density at radius 1 is 1.30 bits per heavy atom. The second-order valence-corrected chi connectivity index (χ2v) is 7.36. The van der Waals surface area contributed by atoms with Crippen molar-refractivity contribution in [3.63, 3.8) is 0 Å². The molecule has 0 amide bonds. The summed E-state index contributed by atoms with van der Waals surface area (Å²) in [5, 5.41) is 14.4. The van der Waals surface area contributed by atoms with E-state index in [0.717, 1.165) is 18.4 Å². The van der Waals surface area contributed by atoms with Crippen molar-refractivity contribution in [2.24, 2.45) is 0 Å². The van der Waals surface area contributed by atoms with Crippen LogP contribution in [0.2, 0.25) is 0 Å². The molecule has 144 valence electrons. The number of ether oxygens (including phenoxy) is 2. The van der Waals surface area contributed by atoms with Gasteiger partial charge in [0.1, 0.15) is 5.69 Å².